The SMILES string of the molecule is C#CCC(C)NS(=O)(=O)c1c(C)cccc1N. The van der Waals surface area contributed by atoms with Crippen LogP contribution in [-0.2, 0) is 10.0 Å². The van der Waals surface area contributed by atoms with Gasteiger partial charge in [0.1, 0.15) is 4.90 Å². The molecule has 4 nitrogen and oxygen atoms in total. The van der Waals surface area contributed by atoms with Gasteiger partial charge >= 0.3 is 0 Å². The highest BCUT2D eigenvalue weighted by Crippen LogP contribution is 2.22. The Morgan fingerprint density at radius 3 is 2.71 bits per heavy atom. The van der Waals surface area contributed by atoms with E-state index in [-0.39, 0.29) is 16.6 Å². The standard InChI is InChI=1S/C12H16N2O2S/c1-4-6-10(3)14-17(15,16)12-9(2)7-5-8-11(12)13/h1,5,7-8,10,14H,6,13H2,2-3H3. The number of aryl methyl sites for hydroxylation is 1. The van der Waals surface area contributed by atoms with Crippen molar-refractivity contribution < 1.29 is 8.42 Å². The summed E-state index contributed by atoms with van der Waals surface area (Å²) in [7, 11) is -3.61. The molecule has 0 bridgehead atoms. The maximum Gasteiger partial charge on any atom is 0.243 e. The first-order valence-electron chi connectivity index (χ1n) is 5.19. The van der Waals surface area contributed by atoms with Crippen LogP contribution in [0.4, 0.5) is 5.69 Å². The molecule has 1 unspecified atom stereocenters. The first-order chi connectivity index (χ1) is 7.88. The molecule has 0 amide bonds. The van der Waals surface area contributed by atoms with Gasteiger partial charge in [0.2, 0.25) is 10.0 Å². The molecule has 5 heteroatoms. The zero-order valence-corrected chi connectivity index (χ0v) is 10.7. The normalized spacial score (nSPS) is 13.0. The molecule has 92 valence electrons. The Bertz CT molecular complexity index is 524. The van der Waals surface area contributed by atoms with E-state index in [0.29, 0.717) is 12.0 Å². The van der Waals surface area contributed by atoms with E-state index in [2.05, 4.69) is 10.6 Å². The lowest BCUT2D eigenvalue weighted by molar-refractivity contribution is 0.563. The summed E-state index contributed by atoms with van der Waals surface area (Å²) in [6.07, 6.45) is 5.48. The van der Waals surface area contributed by atoms with Gasteiger partial charge < -0.3 is 5.73 Å². The molecule has 0 saturated carbocycles. The minimum atomic E-state index is -3.61. The molecule has 1 rings (SSSR count). The Kier molecular flexibility index (Phi) is 4.16. The van der Waals surface area contributed by atoms with E-state index < -0.39 is 10.0 Å². The second kappa shape index (κ2) is 5.21. The van der Waals surface area contributed by atoms with Crippen molar-refractivity contribution in [2.24, 2.45) is 0 Å². The number of hydrogen-bond donors (Lipinski definition) is 2. The van der Waals surface area contributed by atoms with Gasteiger partial charge in [0.25, 0.3) is 0 Å². The fourth-order valence-corrected chi connectivity index (χ4v) is 3.19. The van der Waals surface area contributed by atoms with Gasteiger partial charge in [0.05, 0.1) is 5.69 Å². The number of benzene rings is 1. The van der Waals surface area contributed by atoms with Gasteiger partial charge in [0, 0.05) is 12.5 Å². The third-order valence-corrected chi connectivity index (χ3v) is 4.10. The van der Waals surface area contributed by atoms with E-state index >= 15 is 0 Å². The fourth-order valence-electron chi connectivity index (χ4n) is 1.58. The van der Waals surface area contributed by atoms with Gasteiger partial charge in [-0.05, 0) is 25.5 Å². The van der Waals surface area contributed by atoms with Crippen molar-refractivity contribution in [2.45, 2.75) is 31.2 Å². The molecule has 0 saturated heterocycles. The Labute approximate surface area is 102 Å². The quantitative estimate of drug-likeness (QED) is 0.626. The second-order valence-corrected chi connectivity index (χ2v) is 5.57. The summed E-state index contributed by atoms with van der Waals surface area (Å²) in [5.41, 5.74) is 6.55. The van der Waals surface area contributed by atoms with Crippen LogP contribution in [0.3, 0.4) is 0 Å². The van der Waals surface area contributed by atoms with Gasteiger partial charge in [-0.25, -0.2) is 13.1 Å². The van der Waals surface area contributed by atoms with Crippen LogP contribution in [-0.4, -0.2) is 14.5 Å². The van der Waals surface area contributed by atoms with E-state index in [1.165, 1.54) is 0 Å². The average molecular weight is 252 g/mol. The number of terminal acetylenes is 1. The molecule has 0 spiro atoms. The van der Waals surface area contributed by atoms with Crippen LogP contribution in [0.1, 0.15) is 18.9 Å². The van der Waals surface area contributed by atoms with Gasteiger partial charge in [-0.15, -0.1) is 12.3 Å². The van der Waals surface area contributed by atoms with Crippen molar-refractivity contribution in [3.05, 3.63) is 23.8 Å². The number of rotatable bonds is 4. The summed E-state index contributed by atoms with van der Waals surface area (Å²) in [5.74, 6) is 2.41. The number of nitrogens with one attached hydrogen (secondary N) is 1. The Morgan fingerprint density at radius 1 is 1.53 bits per heavy atom. The van der Waals surface area contributed by atoms with E-state index in [0.717, 1.165) is 0 Å². The molecule has 0 aliphatic carbocycles. The van der Waals surface area contributed by atoms with Crippen molar-refractivity contribution in [3.63, 3.8) is 0 Å². The third kappa shape index (κ3) is 3.22. The second-order valence-electron chi connectivity index (χ2n) is 3.92. The Morgan fingerprint density at radius 2 is 2.18 bits per heavy atom. The van der Waals surface area contributed by atoms with Crippen LogP contribution >= 0.6 is 0 Å². The molecule has 0 heterocycles. The van der Waals surface area contributed by atoms with Gasteiger partial charge in [-0.2, -0.15) is 0 Å². The van der Waals surface area contributed by atoms with Crippen molar-refractivity contribution in [1.29, 1.82) is 0 Å². The van der Waals surface area contributed by atoms with Crippen molar-refractivity contribution in [3.8, 4) is 12.3 Å². The minimum Gasteiger partial charge on any atom is -0.398 e. The van der Waals surface area contributed by atoms with E-state index in [4.69, 9.17) is 12.2 Å². The summed E-state index contributed by atoms with van der Waals surface area (Å²) in [6, 6.07) is 4.67. The number of sulfonamides is 1. The molecule has 0 aliphatic heterocycles. The maximum atomic E-state index is 12.1. The van der Waals surface area contributed by atoms with Crippen LogP contribution in [0.15, 0.2) is 23.1 Å². The molecular formula is C12H16N2O2S. The summed E-state index contributed by atoms with van der Waals surface area (Å²) >= 11 is 0. The largest absolute Gasteiger partial charge is 0.398 e. The highest BCUT2D eigenvalue weighted by atomic mass is 32.2. The molecule has 1 atom stereocenters. The Balaban J connectivity index is 3.11. The maximum absolute atomic E-state index is 12.1. The lowest BCUT2D eigenvalue weighted by Crippen LogP contribution is -2.33. The summed E-state index contributed by atoms with van der Waals surface area (Å²) in [6.45, 7) is 3.42. The van der Waals surface area contributed by atoms with Crippen molar-refractivity contribution in [2.75, 3.05) is 5.73 Å². The van der Waals surface area contributed by atoms with Gasteiger partial charge in [-0.3, -0.25) is 0 Å². The fraction of sp³-hybridized carbons (Fsp3) is 0.333. The predicted octanol–water partition coefficient (Wildman–Crippen LogP) is 1.27. The molecule has 0 aliphatic rings. The molecular weight excluding hydrogens is 236 g/mol. The Hall–Kier alpha value is -1.51. The van der Waals surface area contributed by atoms with Crippen LogP contribution in [0.5, 0.6) is 0 Å². The van der Waals surface area contributed by atoms with E-state index in [1.807, 2.05) is 0 Å². The molecule has 0 aromatic heterocycles. The summed E-state index contributed by atoms with van der Waals surface area (Å²) in [5, 5.41) is 0. The number of anilines is 1. The van der Waals surface area contributed by atoms with Crippen molar-refractivity contribution in [1.82, 2.24) is 4.72 Å². The van der Waals surface area contributed by atoms with Crippen LogP contribution < -0.4 is 10.5 Å². The third-order valence-electron chi connectivity index (χ3n) is 2.29. The van der Waals surface area contributed by atoms with Crippen LogP contribution in [0.2, 0.25) is 0 Å². The molecule has 1 aromatic carbocycles. The van der Waals surface area contributed by atoms with E-state index in [1.54, 1.807) is 32.0 Å². The molecule has 0 fully saturated rings. The lowest BCUT2D eigenvalue weighted by Gasteiger charge is -2.14. The zero-order chi connectivity index (χ0) is 13.1. The lowest BCUT2D eigenvalue weighted by atomic mass is 10.2. The topological polar surface area (TPSA) is 72.2 Å². The number of hydrogen-bond acceptors (Lipinski definition) is 3. The summed E-state index contributed by atoms with van der Waals surface area (Å²) in [4.78, 5) is 0.129. The van der Waals surface area contributed by atoms with Crippen molar-refractivity contribution >= 4 is 15.7 Å². The monoisotopic (exact) mass is 252 g/mol. The van der Waals surface area contributed by atoms with Crippen LogP contribution in [0.25, 0.3) is 0 Å². The van der Waals surface area contributed by atoms with Gasteiger partial charge in [-0.1, -0.05) is 12.1 Å². The first kappa shape index (κ1) is 13.6. The smallest absolute Gasteiger partial charge is 0.243 e. The predicted molar refractivity (Wildman–Crippen MR) is 68.8 cm³/mol. The van der Waals surface area contributed by atoms with Crippen LogP contribution in [0, 0.1) is 19.3 Å². The average Bonchev–Trinajstić information content (AvgIpc) is 2.15. The molecule has 17 heavy (non-hydrogen) atoms. The highest BCUT2D eigenvalue weighted by molar-refractivity contribution is 7.89. The number of nitrogen functional groups attached to an aromatic ring is 1. The first-order valence-corrected chi connectivity index (χ1v) is 6.67. The summed E-state index contributed by atoms with van der Waals surface area (Å²) < 4.78 is 26.7. The number of nitrogens with two attached hydrogens (primary N) is 1. The minimum absolute atomic E-state index is 0.129. The molecule has 1 aromatic rings. The molecule has 0 radical (unpaired) electrons. The molecule has 3 N–H and O–H groups in total. The van der Waals surface area contributed by atoms with E-state index in [9.17, 15) is 8.42 Å². The highest BCUT2D eigenvalue weighted by Gasteiger charge is 2.21. The zero-order valence-electron chi connectivity index (χ0n) is 9.90. The van der Waals surface area contributed by atoms with Gasteiger partial charge in [0.15, 0.2) is 0 Å².